The van der Waals surface area contributed by atoms with Crippen LogP contribution in [0.3, 0.4) is 0 Å². The molecule has 10 rings (SSSR count). The molecule has 2 N–H and O–H groups in total. The average Bonchev–Trinajstić information content (AvgIpc) is 3.51. The highest BCUT2D eigenvalue weighted by atomic mass is 16.8. The smallest absolute Gasteiger partial charge is 0.169 e. The van der Waals surface area contributed by atoms with E-state index < -0.39 is 27.8 Å². The Labute approximate surface area is 296 Å². The zero-order chi connectivity index (χ0) is 35.3. The number of epoxide rings is 1. The Hall–Kier alpha value is -1.81. The topological polar surface area (TPSA) is 103 Å². The van der Waals surface area contributed by atoms with Crippen LogP contribution in [0.1, 0.15) is 129 Å². The molecular weight excluding hydrogens is 630 g/mol. The van der Waals surface area contributed by atoms with Crippen molar-refractivity contribution < 1.29 is 33.6 Å². The number of nitrogens with one attached hydrogen (secondary N) is 1. The molecule has 4 aliphatic heterocycles. The van der Waals surface area contributed by atoms with Crippen LogP contribution in [0, 0.1) is 29.1 Å². The summed E-state index contributed by atoms with van der Waals surface area (Å²) in [5.74, 6) is 1.02. The van der Waals surface area contributed by atoms with Crippen molar-refractivity contribution in [3.05, 3.63) is 34.5 Å². The van der Waals surface area contributed by atoms with Crippen molar-refractivity contribution in [1.82, 2.24) is 4.98 Å². The van der Waals surface area contributed by atoms with E-state index in [4.69, 9.17) is 23.7 Å². The molecule has 0 unspecified atom stereocenters. The lowest BCUT2D eigenvalue weighted by Crippen LogP contribution is -2.77. The first-order valence-corrected chi connectivity index (χ1v) is 19.6. The normalized spacial score (nSPS) is 48.5. The van der Waals surface area contributed by atoms with Crippen molar-refractivity contribution in [2.24, 2.45) is 29.1 Å². The summed E-state index contributed by atoms with van der Waals surface area (Å²) in [4.78, 5) is 18.2. The first-order valence-electron chi connectivity index (χ1n) is 19.6. The number of rotatable bonds is 2. The number of carbonyl (C=O) groups is 1. The molecule has 8 nitrogen and oxygen atoms in total. The third kappa shape index (κ3) is 3.59. The van der Waals surface area contributed by atoms with E-state index in [2.05, 4.69) is 86.4 Å². The molecule has 2 aromatic rings. The Bertz CT molecular complexity index is 1840. The van der Waals surface area contributed by atoms with Gasteiger partial charge in [-0.2, -0.15) is 0 Å². The predicted octanol–water partition coefficient (Wildman–Crippen LogP) is 6.95. The molecule has 1 aromatic heterocycles. The number of benzene rings is 1. The van der Waals surface area contributed by atoms with Gasteiger partial charge in [0.05, 0.1) is 28.8 Å². The molecule has 1 spiro atoms. The summed E-state index contributed by atoms with van der Waals surface area (Å²) in [5, 5.41) is 14.7. The maximum Gasteiger partial charge on any atom is 0.169 e. The van der Waals surface area contributed by atoms with Gasteiger partial charge in [0.1, 0.15) is 23.9 Å². The second kappa shape index (κ2) is 9.46. The Morgan fingerprint density at radius 3 is 2.38 bits per heavy atom. The van der Waals surface area contributed by atoms with Gasteiger partial charge in [-0.1, -0.05) is 27.7 Å². The van der Waals surface area contributed by atoms with Gasteiger partial charge >= 0.3 is 0 Å². The van der Waals surface area contributed by atoms with E-state index in [1.807, 2.05) is 0 Å². The summed E-state index contributed by atoms with van der Waals surface area (Å²) in [7, 11) is 0. The number of aromatic amines is 1. The van der Waals surface area contributed by atoms with Gasteiger partial charge in [-0.3, -0.25) is 4.79 Å². The molecule has 6 fully saturated rings. The molecule has 2 saturated carbocycles. The summed E-state index contributed by atoms with van der Waals surface area (Å²) < 4.78 is 33.6. The minimum Gasteiger partial charge on any atom is -0.386 e. The zero-order valence-electron chi connectivity index (χ0n) is 31.7. The second-order valence-electron chi connectivity index (χ2n) is 20.1. The van der Waals surface area contributed by atoms with Gasteiger partial charge in [0, 0.05) is 45.3 Å². The molecule has 4 saturated heterocycles. The largest absolute Gasteiger partial charge is 0.386 e. The summed E-state index contributed by atoms with van der Waals surface area (Å²) in [6, 6.07) is 4.20. The molecule has 12 atom stereocenters. The van der Waals surface area contributed by atoms with Crippen molar-refractivity contribution in [2.45, 2.75) is 178 Å². The van der Waals surface area contributed by atoms with E-state index >= 15 is 0 Å². The van der Waals surface area contributed by atoms with E-state index in [-0.39, 0.29) is 59.3 Å². The van der Waals surface area contributed by atoms with Crippen molar-refractivity contribution in [3.63, 3.8) is 0 Å². The highest BCUT2D eigenvalue weighted by molar-refractivity contribution is 6.06. The van der Waals surface area contributed by atoms with Crippen LogP contribution >= 0.6 is 0 Å². The van der Waals surface area contributed by atoms with Crippen molar-refractivity contribution in [1.29, 1.82) is 0 Å². The fraction of sp³-hybridized carbons (Fsp3) is 0.786. The summed E-state index contributed by atoms with van der Waals surface area (Å²) in [6.07, 6.45) is 4.53. The van der Waals surface area contributed by atoms with Crippen LogP contribution in [-0.2, 0) is 41.9 Å². The molecule has 4 aliphatic carbocycles. The minimum atomic E-state index is -1.10. The van der Waals surface area contributed by atoms with Crippen LogP contribution in [0.2, 0.25) is 0 Å². The number of aromatic nitrogens is 1. The van der Waals surface area contributed by atoms with E-state index in [9.17, 15) is 9.90 Å². The number of hydrogen-bond acceptors (Lipinski definition) is 7. The number of H-pyrrole nitrogens is 1. The first-order chi connectivity index (χ1) is 23.3. The zero-order valence-corrected chi connectivity index (χ0v) is 31.7. The van der Waals surface area contributed by atoms with Gasteiger partial charge in [-0.25, -0.2) is 0 Å². The number of fused-ring (bicyclic) bond motifs is 12. The summed E-state index contributed by atoms with van der Waals surface area (Å²) in [5.41, 5.74) is 1.70. The maximum absolute atomic E-state index is 14.3. The number of ketones is 1. The third-order valence-electron chi connectivity index (χ3n) is 16.1. The molecule has 50 heavy (non-hydrogen) atoms. The van der Waals surface area contributed by atoms with Gasteiger partial charge in [0.25, 0.3) is 0 Å². The Kier molecular flexibility index (Phi) is 6.20. The lowest BCUT2D eigenvalue weighted by atomic mass is 9.40. The fourth-order valence-corrected chi connectivity index (χ4v) is 13.8. The van der Waals surface area contributed by atoms with E-state index in [1.165, 1.54) is 22.2 Å². The summed E-state index contributed by atoms with van der Waals surface area (Å²) in [6.45, 7) is 21.9. The fourth-order valence-electron chi connectivity index (χ4n) is 13.8. The number of hydrogen-bond donors (Lipinski definition) is 2. The van der Waals surface area contributed by atoms with Gasteiger partial charge in [0.2, 0.25) is 0 Å². The molecular formula is C42H57NO7. The van der Waals surface area contributed by atoms with Crippen molar-refractivity contribution in [2.75, 3.05) is 0 Å². The number of carbonyl (C=O) groups excluding carboxylic acids is 1. The maximum atomic E-state index is 14.3. The van der Waals surface area contributed by atoms with E-state index in [0.717, 1.165) is 49.6 Å². The van der Waals surface area contributed by atoms with Gasteiger partial charge in [0.15, 0.2) is 17.7 Å². The summed E-state index contributed by atoms with van der Waals surface area (Å²) >= 11 is 0. The number of Topliss-reactive ketones (excluding diaryl/α,β-unsaturated/α-hetero) is 1. The van der Waals surface area contributed by atoms with Crippen molar-refractivity contribution in [3.8, 4) is 0 Å². The lowest BCUT2D eigenvalue weighted by molar-refractivity contribution is -0.355. The van der Waals surface area contributed by atoms with Gasteiger partial charge in [-0.05, 0) is 115 Å². The van der Waals surface area contributed by atoms with Crippen LogP contribution in [0.4, 0.5) is 0 Å². The van der Waals surface area contributed by atoms with Gasteiger partial charge < -0.3 is 33.8 Å². The minimum absolute atomic E-state index is 0.126. The van der Waals surface area contributed by atoms with Crippen LogP contribution in [0.25, 0.3) is 10.9 Å². The van der Waals surface area contributed by atoms with Crippen molar-refractivity contribution >= 4 is 16.7 Å². The standard InChI is InChI=1S/C42H57NO7/c1-20(2)17-28-47-32-34(38(7,8)48-28)46-27-14-15-39(9)40(10)21(13-16-41(39,45)42(27)35(32)49-42)18-24-29-23-19-25-30(37(5,6)50-36(25,3)4)31(44)22(23)11-12-26(29)43-33(24)40/h11-12,20-21,25,27-28,30,32,34-35,43,45H,13-19H2,1-10H3/t21-,25+,27-,28-,30-,32+,34-,35+,39+,40+,41-,42-/m0/s1. The SMILES string of the molecule is CC(C)C[C@H]1O[C@H]2[C@H]3O[C@@]34[C@H](CC[C@@]3(C)[C@@]4(O)CC[C@H]4Cc5c([nH]c6ccc7c(c56)C[C@@H]5[C@@H](C7=O)C(C)(C)OC5(C)C)[C@@]43C)O[C@@H]2C(C)(C)O1. The quantitative estimate of drug-likeness (QED) is 0.330. The Morgan fingerprint density at radius 2 is 1.64 bits per heavy atom. The predicted molar refractivity (Wildman–Crippen MR) is 188 cm³/mol. The first kappa shape index (κ1) is 32.8. The molecule has 0 radical (unpaired) electrons. The number of ether oxygens (including phenoxy) is 5. The van der Waals surface area contributed by atoms with Gasteiger partial charge in [-0.15, -0.1) is 0 Å². The van der Waals surface area contributed by atoms with Crippen LogP contribution in [0.5, 0.6) is 0 Å². The van der Waals surface area contributed by atoms with Crippen LogP contribution in [0.15, 0.2) is 12.1 Å². The van der Waals surface area contributed by atoms with E-state index in [0.29, 0.717) is 18.3 Å². The van der Waals surface area contributed by atoms with Crippen LogP contribution < -0.4 is 0 Å². The molecule has 0 amide bonds. The lowest BCUT2D eigenvalue weighted by Gasteiger charge is -2.66. The highest BCUT2D eigenvalue weighted by Crippen LogP contribution is 2.75. The average molecular weight is 688 g/mol. The third-order valence-corrected chi connectivity index (χ3v) is 16.1. The van der Waals surface area contributed by atoms with Crippen LogP contribution in [-0.4, -0.2) is 74.6 Å². The molecule has 8 aliphatic rings. The molecule has 0 bridgehead atoms. The Morgan fingerprint density at radius 1 is 0.880 bits per heavy atom. The molecule has 5 heterocycles. The number of aliphatic hydroxyl groups is 1. The van der Waals surface area contributed by atoms with E-state index in [1.54, 1.807) is 0 Å². The monoisotopic (exact) mass is 687 g/mol. The molecule has 8 heteroatoms. The second-order valence-corrected chi connectivity index (χ2v) is 20.1. The molecule has 272 valence electrons. The Balaban J connectivity index is 1.06. The highest BCUT2D eigenvalue weighted by Gasteiger charge is 2.87. The molecule has 1 aromatic carbocycles.